The van der Waals surface area contributed by atoms with Crippen molar-refractivity contribution in [2.45, 2.75) is 45.3 Å². The zero-order valence-corrected chi connectivity index (χ0v) is 19.3. The second-order valence-corrected chi connectivity index (χ2v) is 9.43. The van der Waals surface area contributed by atoms with Crippen molar-refractivity contribution in [2.24, 2.45) is 0 Å². The molecule has 0 atom stereocenters. The fraction of sp³-hybridized carbons (Fsp3) is 0.391. The molecule has 0 spiro atoms. The molecule has 0 unspecified atom stereocenters. The number of nitrogens with zero attached hydrogens (tertiary/aromatic N) is 4. The Morgan fingerprint density at radius 3 is 2.47 bits per heavy atom. The number of ether oxygens (including phenoxy) is 1. The van der Waals surface area contributed by atoms with Crippen LogP contribution in [0.1, 0.15) is 50.1 Å². The summed E-state index contributed by atoms with van der Waals surface area (Å²) in [6.07, 6.45) is 3.19. The summed E-state index contributed by atoms with van der Waals surface area (Å²) in [7, 11) is 0. The minimum atomic E-state index is -0.505. The first-order chi connectivity index (χ1) is 15.3. The molecule has 1 aliphatic heterocycles. The highest BCUT2D eigenvalue weighted by atomic mass is 32.1. The third-order valence-corrected chi connectivity index (χ3v) is 5.82. The molecule has 0 bridgehead atoms. The molecule has 9 heteroatoms. The second kappa shape index (κ2) is 9.12. The van der Waals surface area contributed by atoms with E-state index in [1.54, 1.807) is 4.90 Å². The van der Waals surface area contributed by atoms with Gasteiger partial charge >= 0.3 is 6.09 Å². The van der Waals surface area contributed by atoms with Crippen molar-refractivity contribution >= 4 is 29.2 Å². The molecule has 168 valence electrons. The molecule has 2 amide bonds. The summed E-state index contributed by atoms with van der Waals surface area (Å²) in [4.78, 5) is 27.0. The van der Waals surface area contributed by atoms with Gasteiger partial charge in [-0.05, 0) is 69.4 Å². The summed E-state index contributed by atoms with van der Waals surface area (Å²) < 4.78 is 11.4. The van der Waals surface area contributed by atoms with Crippen LogP contribution in [0.3, 0.4) is 0 Å². The monoisotopic (exact) mass is 453 g/mol. The SMILES string of the molecule is CC(C)(C)OC(=O)N1CCC(n2cccc2C(=O)Nc2ccc(-c3csnn3)cc2)CC1. The van der Waals surface area contributed by atoms with Crippen LogP contribution in [0.25, 0.3) is 11.3 Å². The van der Waals surface area contributed by atoms with E-state index < -0.39 is 5.60 Å². The number of carbonyl (C=O) groups excluding carboxylic acids is 2. The number of hydrogen-bond donors (Lipinski definition) is 1. The maximum atomic E-state index is 12.9. The molecule has 32 heavy (non-hydrogen) atoms. The maximum absolute atomic E-state index is 12.9. The Hall–Kier alpha value is -3.20. The smallest absolute Gasteiger partial charge is 0.410 e. The largest absolute Gasteiger partial charge is 0.444 e. The van der Waals surface area contributed by atoms with E-state index in [1.807, 2.05) is 73.3 Å². The molecule has 1 aromatic carbocycles. The quantitative estimate of drug-likeness (QED) is 0.611. The Morgan fingerprint density at radius 1 is 1.12 bits per heavy atom. The van der Waals surface area contributed by atoms with Crippen LogP contribution in [-0.2, 0) is 4.74 Å². The van der Waals surface area contributed by atoms with Crippen molar-refractivity contribution in [3.05, 3.63) is 53.7 Å². The van der Waals surface area contributed by atoms with Crippen molar-refractivity contribution in [2.75, 3.05) is 18.4 Å². The third kappa shape index (κ3) is 5.16. The lowest BCUT2D eigenvalue weighted by Crippen LogP contribution is -2.42. The van der Waals surface area contributed by atoms with Gasteiger partial charge in [-0.15, -0.1) is 5.10 Å². The van der Waals surface area contributed by atoms with E-state index in [4.69, 9.17) is 4.74 Å². The van der Waals surface area contributed by atoms with Crippen LogP contribution in [0.2, 0.25) is 0 Å². The molecule has 0 saturated carbocycles. The Bertz CT molecular complexity index is 1060. The molecule has 1 aliphatic rings. The summed E-state index contributed by atoms with van der Waals surface area (Å²) in [6, 6.07) is 11.4. The Kier molecular flexibility index (Phi) is 6.27. The lowest BCUT2D eigenvalue weighted by molar-refractivity contribution is 0.0187. The number of nitrogens with one attached hydrogen (secondary N) is 1. The predicted octanol–water partition coefficient (Wildman–Crippen LogP) is 4.83. The Morgan fingerprint density at radius 2 is 1.84 bits per heavy atom. The van der Waals surface area contributed by atoms with Crippen molar-refractivity contribution in [3.63, 3.8) is 0 Å². The first-order valence-corrected chi connectivity index (χ1v) is 11.5. The molecule has 8 nitrogen and oxygen atoms in total. The van der Waals surface area contributed by atoms with E-state index in [0.29, 0.717) is 18.8 Å². The van der Waals surface area contributed by atoms with E-state index in [1.165, 1.54) is 11.5 Å². The summed E-state index contributed by atoms with van der Waals surface area (Å²) in [5, 5.41) is 8.91. The van der Waals surface area contributed by atoms with Crippen molar-refractivity contribution in [1.82, 2.24) is 19.1 Å². The standard InChI is InChI=1S/C23H27N5O3S/c1-23(2,3)31-22(30)27-13-10-18(11-14-27)28-12-4-5-20(28)21(29)24-17-8-6-16(7-9-17)19-15-32-26-25-19/h4-9,12,15,18H,10-11,13-14H2,1-3H3,(H,24,29). The van der Waals surface area contributed by atoms with E-state index in [-0.39, 0.29) is 18.0 Å². The lowest BCUT2D eigenvalue weighted by Gasteiger charge is -2.34. The van der Waals surface area contributed by atoms with E-state index in [0.717, 1.165) is 29.8 Å². The van der Waals surface area contributed by atoms with Crippen molar-refractivity contribution in [3.8, 4) is 11.3 Å². The van der Waals surface area contributed by atoms with E-state index >= 15 is 0 Å². The van der Waals surface area contributed by atoms with Gasteiger partial charge in [-0.25, -0.2) is 4.79 Å². The van der Waals surface area contributed by atoms with Gasteiger partial charge in [-0.1, -0.05) is 16.6 Å². The highest BCUT2D eigenvalue weighted by Crippen LogP contribution is 2.26. The van der Waals surface area contributed by atoms with Gasteiger partial charge in [0.25, 0.3) is 5.91 Å². The fourth-order valence-electron chi connectivity index (χ4n) is 3.77. The van der Waals surface area contributed by atoms with Gasteiger partial charge in [-0.3, -0.25) is 4.79 Å². The molecular formula is C23H27N5O3S. The number of anilines is 1. The summed E-state index contributed by atoms with van der Waals surface area (Å²) in [5.74, 6) is -0.160. The minimum absolute atomic E-state index is 0.156. The Balaban J connectivity index is 1.37. The summed E-state index contributed by atoms with van der Waals surface area (Å²) >= 11 is 1.30. The highest BCUT2D eigenvalue weighted by Gasteiger charge is 2.28. The molecule has 0 aliphatic carbocycles. The number of amides is 2. The molecule has 1 N–H and O–H groups in total. The van der Waals surface area contributed by atoms with Crippen LogP contribution in [0.4, 0.5) is 10.5 Å². The average molecular weight is 454 g/mol. The van der Waals surface area contributed by atoms with Crippen LogP contribution < -0.4 is 5.32 Å². The molecule has 3 aromatic rings. The lowest BCUT2D eigenvalue weighted by atomic mass is 10.0. The van der Waals surface area contributed by atoms with Crippen molar-refractivity contribution < 1.29 is 14.3 Å². The van der Waals surface area contributed by atoms with Crippen LogP contribution in [0.5, 0.6) is 0 Å². The second-order valence-electron chi connectivity index (χ2n) is 8.82. The van der Waals surface area contributed by atoms with Crippen molar-refractivity contribution in [1.29, 1.82) is 0 Å². The highest BCUT2D eigenvalue weighted by molar-refractivity contribution is 7.03. The summed E-state index contributed by atoms with van der Waals surface area (Å²) in [6.45, 7) is 6.81. The normalized spacial score (nSPS) is 14.9. The van der Waals surface area contributed by atoms with Crippen LogP contribution >= 0.6 is 11.5 Å². The zero-order valence-electron chi connectivity index (χ0n) is 18.4. The topological polar surface area (TPSA) is 89.4 Å². The van der Waals surface area contributed by atoms with Gasteiger partial charge in [0.05, 0.1) is 0 Å². The zero-order chi connectivity index (χ0) is 22.7. The number of rotatable bonds is 4. The van der Waals surface area contributed by atoms with Gasteiger partial charge in [0, 0.05) is 42.0 Å². The first kappa shape index (κ1) is 22.0. The molecule has 3 heterocycles. The number of carbonyl (C=O) groups is 2. The van der Waals surface area contributed by atoms with E-state index in [9.17, 15) is 9.59 Å². The minimum Gasteiger partial charge on any atom is -0.444 e. The summed E-state index contributed by atoms with van der Waals surface area (Å²) in [5.41, 5.74) is 2.59. The number of benzene rings is 1. The average Bonchev–Trinajstić information content (AvgIpc) is 3.45. The predicted molar refractivity (Wildman–Crippen MR) is 124 cm³/mol. The molecule has 4 rings (SSSR count). The number of likely N-dealkylation sites (tertiary alicyclic amines) is 1. The third-order valence-electron chi connectivity index (χ3n) is 5.32. The van der Waals surface area contributed by atoms with E-state index in [2.05, 4.69) is 14.9 Å². The number of piperidine rings is 1. The van der Waals surface area contributed by atoms with Gasteiger partial charge in [0.1, 0.15) is 17.0 Å². The molecule has 1 saturated heterocycles. The maximum Gasteiger partial charge on any atom is 0.410 e. The van der Waals surface area contributed by atoms with Gasteiger partial charge < -0.3 is 19.5 Å². The number of hydrogen-bond acceptors (Lipinski definition) is 6. The molecule has 1 fully saturated rings. The van der Waals surface area contributed by atoms with Crippen LogP contribution in [-0.4, -0.2) is 49.7 Å². The van der Waals surface area contributed by atoms with Crippen LogP contribution in [0.15, 0.2) is 48.0 Å². The first-order valence-electron chi connectivity index (χ1n) is 10.6. The number of aromatic nitrogens is 3. The molecular weight excluding hydrogens is 426 g/mol. The fourth-order valence-corrected chi connectivity index (χ4v) is 4.23. The molecule has 2 aromatic heterocycles. The van der Waals surface area contributed by atoms with Gasteiger partial charge in [0.2, 0.25) is 0 Å². The van der Waals surface area contributed by atoms with Gasteiger partial charge in [-0.2, -0.15) is 0 Å². The van der Waals surface area contributed by atoms with Gasteiger partial charge in [0.15, 0.2) is 0 Å². The Labute approximate surface area is 191 Å². The molecule has 0 radical (unpaired) electrons. The van der Waals surface area contributed by atoms with Crippen LogP contribution in [0, 0.1) is 0 Å².